The smallest absolute Gasteiger partial charge is 0.330 e. The molecular weight excluding hydrogens is 496 g/mol. The zero-order valence-electron chi connectivity index (χ0n) is 25.3. The van der Waals surface area contributed by atoms with Crippen LogP contribution in [0.3, 0.4) is 0 Å². The van der Waals surface area contributed by atoms with E-state index in [1.807, 2.05) is 27.7 Å². The monoisotopic (exact) mass is 552 g/mol. The van der Waals surface area contributed by atoms with Gasteiger partial charge >= 0.3 is 5.69 Å². The SMILES string of the molecule is CCCCCCCCCCCCCCCCO[C@@H]1[C@H](OC(C)C)[C@@H](COC(C)C)O[C@H]1n1ccc(=O)[nH]c1=O. The predicted octanol–water partition coefficient (Wildman–Crippen LogP) is 6.52. The first-order chi connectivity index (χ1) is 18.8. The first-order valence-electron chi connectivity index (χ1n) is 15.7. The summed E-state index contributed by atoms with van der Waals surface area (Å²) in [4.78, 5) is 26.5. The van der Waals surface area contributed by atoms with Crippen LogP contribution >= 0.6 is 0 Å². The second-order valence-corrected chi connectivity index (χ2v) is 11.5. The third-order valence-corrected chi connectivity index (χ3v) is 7.24. The van der Waals surface area contributed by atoms with Crippen LogP contribution in [-0.2, 0) is 18.9 Å². The number of aromatic nitrogens is 2. The van der Waals surface area contributed by atoms with Gasteiger partial charge < -0.3 is 18.9 Å². The average molecular weight is 553 g/mol. The molecule has 0 aliphatic carbocycles. The number of ether oxygens (including phenoxy) is 4. The standard InChI is InChI=1S/C31H56N2O6/c1-6-7-8-9-10-11-12-13-14-15-16-17-18-19-22-36-29-28(38-25(4)5)26(23-37-24(2)3)39-30(29)33-21-20-27(34)32-31(33)35/h20-21,24-26,28-30H,6-19,22-23H2,1-5H3,(H,32,34,35)/t26-,28-,29-,30-/m1/s1. The number of aromatic amines is 1. The highest BCUT2D eigenvalue weighted by atomic mass is 16.6. The predicted molar refractivity (Wildman–Crippen MR) is 156 cm³/mol. The van der Waals surface area contributed by atoms with E-state index in [0.717, 1.165) is 12.8 Å². The number of nitrogens with zero attached hydrogens (tertiary/aromatic N) is 1. The molecule has 1 aromatic heterocycles. The van der Waals surface area contributed by atoms with Crippen molar-refractivity contribution in [3.05, 3.63) is 33.1 Å². The fraction of sp³-hybridized carbons (Fsp3) is 0.871. The van der Waals surface area contributed by atoms with Gasteiger partial charge in [-0.05, 0) is 34.1 Å². The van der Waals surface area contributed by atoms with Crippen molar-refractivity contribution in [1.82, 2.24) is 9.55 Å². The van der Waals surface area contributed by atoms with Crippen LogP contribution < -0.4 is 11.2 Å². The molecular formula is C31H56N2O6. The molecule has 1 aliphatic rings. The van der Waals surface area contributed by atoms with Gasteiger partial charge in [-0.25, -0.2) is 4.79 Å². The summed E-state index contributed by atoms with van der Waals surface area (Å²) in [5, 5.41) is 0. The van der Waals surface area contributed by atoms with Gasteiger partial charge in [-0.1, -0.05) is 90.4 Å². The molecule has 0 aromatic carbocycles. The Kier molecular flexibility index (Phi) is 16.9. The summed E-state index contributed by atoms with van der Waals surface area (Å²) in [6.07, 6.45) is 17.7. The van der Waals surface area contributed by atoms with Gasteiger partial charge in [0.05, 0.1) is 18.8 Å². The highest BCUT2D eigenvalue weighted by molar-refractivity contribution is 4.95. The van der Waals surface area contributed by atoms with Gasteiger partial charge in [-0.15, -0.1) is 0 Å². The minimum atomic E-state index is -0.703. The molecule has 0 amide bonds. The Hall–Kier alpha value is -1.48. The van der Waals surface area contributed by atoms with E-state index in [4.69, 9.17) is 18.9 Å². The molecule has 1 saturated heterocycles. The van der Waals surface area contributed by atoms with Gasteiger partial charge in [-0.2, -0.15) is 0 Å². The Morgan fingerprint density at radius 1 is 0.821 bits per heavy atom. The second kappa shape index (κ2) is 19.6. The van der Waals surface area contributed by atoms with Gasteiger partial charge in [0.15, 0.2) is 6.23 Å². The van der Waals surface area contributed by atoms with Crippen molar-refractivity contribution in [1.29, 1.82) is 0 Å². The van der Waals surface area contributed by atoms with Crippen LogP contribution in [0.4, 0.5) is 0 Å². The summed E-state index contributed by atoms with van der Waals surface area (Å²) in [5.41, 5.74) is -0.963. The third kappa shape index (κ3) is 13.2. The summed E-state index contributed by atoms with van der Waals surface area (Å²) in [7, 11) is 0. The van der Waals surface area contributed by atoms with E-state index in [-0.39, 0.29) is 24.4 Å². The van der Waals surface area contributed by atoms with Crippen LogP contribution in [0, 0.1) is 0 Å². The van der Waals surface area contributed by atoms with Crippen LogP contribution in [-0.4, -0.2) is 53.3 Å². The maximum atomic E-state index is 12.6. The number of rotatable bonds is 22. The summed E-state index contributed by atoms with van der Waals surface area (Å²) in [6, 6.07) is 1.33. The first-order valence-corrected chi connectivity index (χ1v) is 15.7. The number of hydrogen-bond acceptors (Lipinski definition) is 6. The number of nitrogens with one attached hydrogen (secondary N) is 1. The molecule has 2 heterocycles. The molecule has 4 atom stereocenters. The van der Waals surface area contributed by atoms with Crippen molar-refractivity contribution in [3.63, 3.8) is 0 Å². The van der Waals surface area contributed by atoms with Crippen molar-refractivity contribution in [2.75, 3.05) is 13.2 Å². The lowest BCUT2D eigenvalue weighted by Gasteiger charge is -2.27. The van der Waals surface area contributed by atoms with Crippen LogP contribution in [0.5, 0.6) is 0 Å². The Morgan fingerprint density at radius 2 is 1.38 bits per heavy atom. The molecule has 8 nitrogen and oxygen atoms in total. The van der Waals surface area contributed by atoms with Crippen LogP contribution in [0.25, 0.3) is 0 Å². The molecule has 0 unspecified atom stereocenters. The number of H-pyrrole nitrogens is 1. The molecule has 1 aliphatic heterocycles. The molecule has 0 radical (unpaired) electrons. The molecule has 1 N–H and O–H groups in total. The fourth-order valence-corrected chi connectivity index (χ4v) is 5.15. The topological polar surface area (TPSA) is 91.8 Å². The van der Waals surface area contributed by atoms with E-state index in [0.29, 0.717) is 13.2 Å². The molecule has 1 fully saturated rings. The molecule has 2 rings (SSSR count). The highest BCUT2D eigenvalue weighted by Crippen LogP contribution is 2.34. The van der Waals surface area contributed by atoms with Gasteiger partial charge in [0.2, 0.25) is 0 Å². The Labute approximate surface area is 236 Å². The lowest BCUT2D eigenvalue weighted by Crippen LogP contribution is -2.42. The van der Waals surface area contributed by atoms with E-state index in [1.54, 1.807) is 0 Å². The van der Waals surface area contributed by atoms with Crippen molar-refractivity contribution in [2.24, 2.45) is 0 Å². The Balaban J connectivity index is 1.79. The first kappa shape index (κ1) is 33.7. The quantitative estimate of drug-likeness (QED) is 0.165. The van der Waals surface area contributed by atoms with E-state index >= 15 is 0 Å². The van der Waals surface area contributed by atoms with Crippen molar-refractivity contribution < 1.29 is 18.9 Å². The minimum absolute atomic E-state index is 0.0399. The summed E-state index contributed by atoms with van der Waals surface area (Å²) in [6.45, 7) is 11.1. The normalized spacial score (nSPS) is 21.4. The van der Waals surface area contributed by atoms with Crippen LogP contribution in [0.15, 0.2) is 21.9 Å². The van der Waals surface area contributed by atoms with Crippen molar-refractivity contribution in [3.8, 4) is 0 Å². The fourth-order valence-electron chi connectivity index (χ4n) is 5.15. The van der Waals surface area contributed by atoms with Gasteiger partial charge in [0.25, 0.3) is 5.56 Å². The lowest BCUT2D eigenvalue weighted by molar-refractivity contribution is -0.103. The number of hydrogen-bond donors (Lipinski definition) is 1. The number of unbranched alkanes of at least 4 members (excludes halogenated alkanes) is 13. The van der Waals surface area contributed by atoms with E-state index < -0.39 is 23.6 Å². The molecule has 0 bridgehead atoms. The van der Waals surface area contributed by atoms with Crippen LogP contribution in [0.1, 0.15) is 131 Å². The van der Waals surface area contributed by atoms with Crippen molar-refractivity contribution >= 4 is 0 Å². The zero-order chi connectivity index (χ0) is 28.5. The van der Waals surface area contributed by atoms with Gasteiger partial charge in [0.1, 0.15) is 18.3 Å². The molecule has 226 valence electrons. The Bertz CT molecular complexity index is 867. The van der Waals surface area contributed by atoms with Gasteiger partial charge in [-0.3, -0.25) is 14.3 Å². The molecule has 1 aromatic rings. The largest absolute Gasteiger partial charge is 0.376 e. The second-order valence-electron chi connectivity index (χ2n) is 11.5. The lowest BCUT2D eigenvalue weighted by atomic mass is 10.0. The highest BCUT2D eigenvalue weighted by Gasteiger charge is 2.48. The maximum absolute atomic E-state index is 12.6. The van der Waals surface area contributed by atoms with E-state index in [9.17, 15) is 9.59 Å². The van der Waals surface area contributed by atoms with Crippen molar-refractivity contribution in [2.45, 2.75) is 161 Å². The summed E-state index contributed by atoms with van der Waals surface area (Å²) in [5.74, 6) is 0. The molecule has 8 heteroatoms. The van der Waals surface area contributed by atoms with Gasteiger partial charge in [0, 0.05) is 18.9 Å². The molecule has 0 saturated carbocycles. The zero-order valence-corrected chi connectivity index (χ0v) is 25.3. The van der Waals surface area contributed by atoms with E-state index in [2.05, 4.69) is 11.9 Å². The average Bonchev–Trinajstić information content (AvgIpc) is 3.21. The minimum Gasteiger partial charge on any atom is -0.376 e. The Morgan fingerprint density at radius 3 is 1.90 bits per heavy atom. The third-order valence-electron chi connectivity index (χ3n) is 7.24. The summed E-state index contributed by atoms with van der Waals surface area (Å²) < 4.78 is 26.1. The molecule has 0 spiro atoms. The summed E-state index contributed by atoms with van der Waals surface area (Å²) >= 11 is 0. The molecule has 39 heavy (non-hydrogen) atoms. The maximum Gasteiger partial charge on any atom is 0.330 e. The van der Waals surface area contributed by atoms with E-state index in [1.165, 1.54) is 93.9 Å². The van der Waals surface area contributed by atoms with Crippen LogP contribution in [0.2, 0.25) is 0 Å².